The first kappa shape index (κ1) is 16.9. The molecule has 0 spiro atoms. The van der Waals surface area contributed by atoms with E-state index in [-0.39, 0.29) is 29.0 Å². The van der Waals surface area contributed by atoms with E-state index in [4.69, 9.17) is 11.6 Å². The molecule has 3 nitrogen and oxygen atoms in total. The highest BCUT2D eigenvalue weighted by Gasteiger charge is 2.23. The van der Waals surface area contributed by atoms with Crippen LogP contribution in [0.3, 0.4) is 0 Å². The number of carbonyl (C=O) groups is 1. The summed E-state index contributed by atoms with van der Waals surface area (Å²) in [5, 5.41) is 1.24. The number of hydrogen-bond acceptors (Lipinski definition) is 3. The number of thiazole rings is 1. The fourth-order valence-electron chi connectivity index (χ4n) is 2.31. The topological polar surface area (TPSA) is 33.2 Å². The van der Waals surface area contributed by atoms with Crippen LogP contribution in [0.4, 0.5) is 4.39 Å². The molecule has 22 heavy (non-hydrogen) atoms. The van der Waals surface area contributed by atoms with Crippen molar-refractivity contribution in [2.75, 3.05) is 7.05 Å². The second kappa shape index (κ2) is 6.75. The van der Waals surface area contributed by atoms with Crippen LogP contribution in [0.25, 0.3) is 0 Å². The fraction of sp³-hybridized carbons (Fsp3) is 0.375. The SMILES string of the molecule is Cc1nc([C@H](C)N(C)C(=O)Cc2c(F)cccc2Cl)c(C)s1. The minimum Gasteiger partial charge on any atom is -0.337 e. The van der Waals surface area contributed by atoms with Gasteiger partial charge in [0.05, 0.1) is 23.2 Å². The number of rotatable bonds is 4. The zero-order valence-electron chi connectivity index (χ0n) is 13.0. The summed E-state index contributed by atoms with van der Waals surface area (Å²) in [6, 6.07) is 4.26. The average Bonchev–Trinajstić information content (AvgIpc) is 2.80. The molecule has 0 radical (unpaired) electrons. The Labute approximate surface area is 138 Å². The Morgan fingerprint density at radius 2 is 2.14 bits per heavy atom. The van der Waals surface area contributed by atoms with E-state index in [0.717, 1.165) is 15.6 Å². The van der Waals surface area contributed by atoms with Crippen molar-refractivity contribution >= 4 is 28.8 Å². The highest BCUT2D eigenvalue weighted by molar-refractivity contribution is 7.11. The summed E-state index contributed by atoms with van der Waals surface area (Å²) in [5.41, 5.74) is 1.12. The van der Waals surface area contributed by atoms with Gasteiger partial charge >= 0.3 is 0 Å². The molecule has 6 heteroatoms. The summed E-state index contributed by atoms with van der Waals surface area (Å²) in [4.78, 5) is 19.6. The van der Waals surface area contributed by atoms with Crippen molar-refractivity contribution < 1.29 is 9.18 Å². The van der Waals surface area contributed by atoms with Gasteiger partial charge in [-0.15, -0.1) is 11.3 Å². The molecule has 1 aromatic heterocycles. The third-order valence-corrected chi connectivity index (χ3v) is 4.96. The third-order valence-electron chi connectivity index (χ3n) is 3.70. The van der Waals surface area contributed by atoms with E-state index in [0.29, 0.717) is 0 Å². The summed E-state index contributed by atoms with van der Waals surface area (Å²) >= 11 is 7.59. The Morgan fingerprint density at radius 1 is 1.45 bits per heavy atom. The summed E-state index contributed by atoms with van der Waals surface area (Å²) in [6.07, 6.45) is -0.0610. The van der Waals surface area contributed by atoms with Gasteiger partial charge in [0.25, 0.3) is 0 Å². The molecule has 118 valence electrons. The van der Waals surface area contributed by atoms with Crippen LogP contribution < -0.4 is 0 Å². The number of carbonyl (C=O) groups excluding carboxylic acids is 1. The minimum absolute atomic E-state index is 0.0610. The zero-order chi connectivity index (χ0) is 16.4. The van der Waals surface area contributed by atoms with Crippen molar-refractivity contribution in [2.45, 2.75) is 33.2 Å². The van der Waals surface area contributed by atoms with Crippen LogP contribution in [-0.2, 0) is 11.2 Å². The predicted octanol–water partition coefficient (Wildman–Crippen LogP) is 4.31. The molecular formula is C16H18ClFN2OS. The van der Waals surface area contributed by atoms with Gasteiger partial charge in [-0.3, -0.25) is 4.79 Å². The Hall–Kier alpha value is -1.46. The molecule has 0 aliphatic carbocycles. The molecule has 0 aliphatic rings. The Balaban J connectivity index is 2.17. The summed E-state index contributed by atoms with van der Waals surface area (Å²) in [6.45, 7) is 5.85. The third kappa shape index (κ3) is 3.47. The number of halogens is 2. The van der Waals surface area contributed by atoms with Crippen LogP contribution in [0, 0.1) is 19.7 Å². The Morgan fingerprint density at radius 3 is 2.68 bits per heavy atom. The molecule has 0 saturated carbocycles. The molecule has 0 N–H and O–H groups in total. The second-order valence-corrected chi connectivity index (χ2v) is 7.05. The molecule has 1 atom stereocenters. The normalized spacial score (nSPS) is 12.3. The molecule has 0 aliphatic heterocycles. The van der Waals surface area contributed by atoms with E-state index in [1.165, 1.54) is 12.1 Å². The van der Waals surface area contributed by atoms with Crippen molar-refractivity contribution in [2.24, 2.45) is 0 Å². The maximum absolute atomic E-state index is 13.8. The van der Waals surface area contributed by atoms with E-state index in [2.05, 4.69) is 4.98 Å². The summed E-state index contributed by atoms with van der Waals surface area (Å²) in [5.74, 6) is -0.646. The van der Waals surface area contributed by atoms with Crippen LogP contribution in [0.15, 0.2) is 18.2 Å². The molecule has 0 unspecified atom stereocenters. The van der Waals surface area contributed by atoms with Gasteiger partial charge in [0.1, 0.15) is 5.82 Å². The molecule has 1 amide bonds. The lowest BCUT2D eigenvalue weighted by Crippen LogP contribution is -2.31. The smallest absolute Gasteiger partial charge is 0.227 e. The van der Waals surface area contributed by atoms with E-state index in [1.807, 2.05) is 20.8 Å². The van der Waals surface area contributed by atoms with Crippen molar-refractivity contribution in [3.05, 3.63) is 50.2 Å². The van der Waals surface area contributed by atoms with Crippen LogP contribution in [-0.4, -0.2) is 22.8 Å². The molecule has 1 aromatic carbocycles. The lowest BCUT2D eigenvalue weighted by atomic mass is 10.1. The van der Waals surface area contributed by atoms with E-state index in [9.17, 15) is 9.18 Å². The molecule has 0 saturated heterocycles. The summed E-state index contributed by atoms with van der Waals surface area (Å²) < 4.78 is 13.8. The largest absolute Gasteiger partial charge is 0.337 e. The number of likely N-dealkylation sites (N-methyl/N-ethyl adjacent to an activating group) is 1. The standard InChI is InChI=1S/C16H18ClFN2OS/c1-9(16-10(2)22-11(3)19-16)20(4)15(21)8-12-13(17)6-5-7-14(12)18/h5-7,9H,8H2,1-4H3/t9-/m0/s1. The van der Waals surface area contributed by atoms with Crippen molar-refractivity contribution in [1.29, 1.82) is 0 Å². The van der Waals surface area contributed by atoms with E-state index < -0.39 is 5.82 Å². The van der Waals surface area contributed by atoms with Crippen LogP contribution >= 0.6 is 22.9 Å². The van der Waals surface area contributed by atoms with E-state index >= 15 is 0 Å². The number of benzene rings is 1. The first-order valence-corrected chi connectivity index (χ1v) is 8.13. The quantitative estimate of drug-likeness (QED) is 0.830. The highest BCUT2D eigenvalue weighted by Crippen LogP contribution is 2.27. The number of aromatic nitrogens is 1. The van der Waals surface area contributed by atoms with Crippen molar-refractivity contribution in [1.82, 2.24) is 9.88 Å². The van der Waals surface area contributed by atoms with Crippen molar-refractivity contribution in [3.63, 3.8) is 0 Å². The maximum atomic E-state index is 13.8. The zero-order valence-corrected chi connectivity index (χ0v) is 14.6. The molecular weight excluding hydrogens is 323 g/mol. The molecule has 2 aromatic rings. The predicted molar refractivity (Wildman–Crippen MR) is 87.9 cm³/mol. The first-order chi connectivity index (χ1) is 10.3. The summed E-state index contributed by atoms with van der Waals surface area (Å²) in [7, 11) is 1.70. The van der Waals surface area contributed by atoms with E-state index in [1.54, 1.807) is 29.4 Å². The first-order valence-electron chi connectivity index (χ1n) is 6.93. The Kier molecular flexibility index (Phi) is 5.19. The number of nitrogens with zero attached hydrogens (tertiary/aromatic N) is 2. The second-order valence-electron chi connectivity index (χ2n) is 5.23. The van der Waals surface area contributed by atoms with Gasteiger partial charge < -0.3 is 4.90 Å². The Bertz CT molecular complexity index is 681. The number of aryl methyl sites for hydroxylation is 2. The molecule has 2 rings (SSSR count). The number of hydrogen-bond donors (Lipinski definition) is 0. The van der Waals surface area contributed by atoms with Crippen molar-refractivity contribution in [3.8, 4) is 0 Å². The maximum Gasteiger partial charge on any atom is 0.227 e. The van der Waals surface area contributed by atoms with Crippen LogP contribution in [0.2, 0.25) is 5.02 Å². The van der Waals surface area contributed by atoms with Gasteiger partial charge in [0.2, 0.25) is 5.91 Å². The average molecular weight is 341 g/mol. The lowest BCUT2D eigenvalue weighted by molar-refractivity contribution is -0.131. The van der Waals surface area contributed by atoms with Crippen LogP contribution in [0.1, 0.15) is 34.1 Å². The fourth-order valence-corrected chi connectivity index (χ4v) is 3.45. The lowest BCUT2D eigenvalue weighted by Gasteiger charge is -2.24. The molecule has 0 bridgehead atoms. The van der Waals surface area contributed by atoms with Gasteiger partial charge in [-0.25, -0.2) is 9.37 Å². The van der Waals surface area contributed by atoms with Gasteiger partial charge in [-0.05, 0) is 32.9 Å². The van der Waals surface area contributed by atoms with Gasteiger partial charge in [-0.1, -0.05) is 17.7 Å². The monoisotopic (exact) mass is 340 g/mol. The van der Waals surface area contributed by atoms with Gasteiger partial charge in [-0.2, -0.15) is 0 Å². The highest BCUT2D eigenvalue weighted by atomic mass is 35.5. The van der Waals surface area contributed by atoms with Crippen LogP contribution in [0.5, 0.6) is 0 Å². The molecule has 0 fully saturated rings. The van der Waals surface area contributed by atoms with Gasteiger partial charge in [0.15, 0.2) is 0 Å². The number of amides is 1. The molecule has 1 heterocycles. The minimum atomic E-state index is -0.456. The van der Waals surface area contributed by atoms with Gasteiger partial charge in [0, 0.05) is 22.5 Å².